The van der Waals surface area contributed by atoms with Gasteiger partial charge in [-0.15, -0.1) is 0 Å². The number of allylic oxidation sites excluding steroid dienone is 2. The molecule has 88 valence electrons. The number of ether oxygens (including phenoxy) is 2. The van der Waals surface area contributed by atoms with E-state index in [9.17, 15) is 9.59 Å². The van der Waals surface area contributed by atoms with Gasteiger partial charge in [-0.05, 0) is 12.8 Å². The van der Waals surface area contributed by atoms with E-state index < -0.39 is 0 Å². The van der Waals surface area contributed by atoms with Gasteiger partial charge in [-0.2, -0.15) is 0 Å². The molecule has 1 aliphatic heterocycles. The second-order valence-electron chi connectivity index (χ2n) is 3.39. The van der Waals surface area contributed by atoms with Crippen LogP contribution in [0.1, 0.15) is 25.7 Å². The summed E-state index contributed by atoms with van der Waals surface area (Å²) in [5, 5.41) is 0. The monoisotopic (exact) mass is 224 g/mol. The number of cyclic esters (lactones) is 2. The fraction of sp³-hybridized carbons (Fsp3) is 0.500. The average Bonchev–Trinajstić information content (AvgIpc) is 2.27. The van der Waals surface area contributed by atoms with Crippen LogP contribution in [0.4, 0.5) is 0 Å². The van der Waals surface area contributed by atoms with E-state index in [4.69, 9.17) is 9.47 Å². The molecule has 0 fully saturated rings. The molecule has 4 nitrogen and oxygen atoms in total. The van der Waals surface area contributed by atoms with Gasteiger partial charge in [0.2, 0.25) is 0 Å². The van der Waals surface area contributed by atoms with Crippen LogP contribution in [0.15, 0.2) is 24.3 Å². The molecule has 1 aliphatic rings. The maximum absolute atomic E-state index is 11.1. The van der Waals surface area contributed by atoms with Gasteiger partial charge >= 0.3 is 11.9 Å². The molecule has 0 aromatic rings. The molecule has 4 heteroatoms. The molecule has 0 aliphatic carbocycles. The molecule has 1 heterocycles. The van der Waals surface area contributed by atoms with E-state index in [1.807, 2.05) is 12.2 Å². The maximum Gasteiger partial charge on any atom is 0.306 e. The Bertz CT molecular complexity index is 237. The first-order chi connectivity index (χ1) is 7.79. The van der Waals surface area contributed by atoms with Crippen molar-refractivity contribution < 1.29 is 19.1 Å². The summed E-state index contributed by atoms with van der Waals surface area (Å²) < 4.78 is 9.88. The Morgan fingerprint density at radius 2 is 1.19 bits per heavy atom. The molecular formula is C12H16O4. The summed E-state index contributed by atoms with van der Waals surface area (Å²) in [6, 6.07) is 0. The van der Waals surface area contributed by atoms with Crippen molar-refractivity contribution in [1.82, 2.24) is 0 Å². The molecule has 16 heavy (non-hydrogen) atoms. The van der Waals surface area contributed by atoms with Crippen LogP contribution >= 0.6 is 0 Å². The normalized spacial score (nSPS) is 23.8. The zero-order valence-electron chi connectivity index (χ0n) is 9.19. The van der Waals surface area contributed by atoms with Crippen LogP contribution in [0.25, 0.3) is 0 Å². The van der Waals surface area contributed by atoms with E-state index in [1.165, 1.54) is 0 Å². The highest BCUT2D eigenvalue weighted by Crippen LogP contribution is 1.99. The van der Waals surface area contributed by atoms with Crippen molar-refractivity contribution in [3.63, 3.8) is 0 Å². The molecule has 0 spiro atoms. The summed E-state index contributed by atoms with van der Waals surface area (Å²) in [6.45, 7) is 0.551. The largest absolute Gasteiger partial charge is 0.461 e. The van der Waals surface area contributed by atoms with Gasteiger partial charge in [-0.1, -0.05) is 24.3 Å². The summed E-state index contributed by atoms with van der Waals surface area (Å²) in [4.78, 5) is 22.3. The zero-order chi connectivity index (χ0) is 11.6. The van der Waals surface area contributed by atoms with E-state index in [1.54, 1.807) is 12.2 Å². The summed E-state index contributed by atoms with van der Waals surface area (Å²) in [7, 11) is 0. The third-order valence-electron chi connectivity index (χ3n) is 2.04. The molecule has 0 aromatic heterocycles. The van der Waals surface area contributed by atoms with E-state index in [0.717, 1.165) is 0 Å². The third-order valence-corrected chi connectivity index (χ3v) is 2.04. The van der Waals surface area contributed by atoms with Gasteiger partial charge in [0.25, 0.3) is 0 Å². The number of rotatable bonds is 0. The molecule has 1 rings (SSSR count). The SMILES string of the molecule is O=C1CC/C=C\COC(=O)CC/C=C\CO1. The minimum atomic E-state index is -0.205. The molecule has 0 saturated heterocycles. The molecule has 0 amide bonds. The van der Waals surface area contributed by atoms with Crippen LogP contribution in [-0.2, 0) is 19.1 Å². The zero-order valence-corrected chi connectivity index (χ0v) is 9.19. The van der Waals surface area contributed by atoms with Crippen LogP contribution in [0.3, 0.4) is 0 Å². The van der Waals surface area contributed by atoms with Crippen molar-refractivity contribution in [2.24, 2.45) is 0 Å². The molecular weight excluding hydrogens is 208 g/mol. The first-order valence-electron chi connectivity index (χ1n) is 5.40. The highest BCUT2D eigenvalue weighted by molar-refractivity contribution is 5.70. The summed E-state index contributed by atoms with van der Waals surface area (Å²) in [5.41, 5.74) is 0. The van der Waals surface area contributed by atoms with E-state index >= 15 is 0 Å². The summed E-state index contributed by atoms with van der Waals surface area (Å²) in [6.07, 6.45) is 9.06. The summed E-state index contributed by atoms with van der Waals surface area (Å²) in [5.74, 6) is -0.410. The quantitative estimate of drug-likeness (QED) is 0.464. The van der Waals surface area contributed by atoms with E-state index in [2.05, 4.69) is 0 Å². The first kappa shape index (κ1) is 12.5. The molecule has 0 atom stereocenters. The lowest BCUT2D eigenvalue weighted by Crippen LogP contribution is -2.05. The molecule has 0 saturated carbocycles. The van der Waals surface area contributed by atoms with Crippen molar-refractivity contribution in [2.75, 3.05) is 13.2 Å². The lowest BCUT2D eigenvalue weighted by atomic mass is 10.3. The first-order valence-corrected chi connectivity index (χ1v) is 5.40. The van der Waals surface area contributed by atoms with Crippen LogP contribution in [0.2, 0.25) is 0 Å². The summed E-state index contributed by atoms with van der Waals surface area (Å²) >= 11 is 0. The Morgan fingerprint density at radius 3 is 1.62 bits per heavy atom. The fourth-order valence-electron chi connectivity index (χ4n) is 1.20. The molecule has 0 N–H and O–H groups in total. The fourth-order valence-corrected chi connectivity index (χ4v) is 1.20. The molecule has 0 unspecified atom stereocenters. The second-order valence-corrected chi connectivity index (χ2v) is 3.39. The number of hydrogen-bond donors (Lipinski definition) is 0. The van der Waals surface area contributed by atoms with Gasteiger partial charge in [0, 0.05) is 12.8 Å². The van der Waals surface area contributed by atoms with Crippen molar-refractivity contribution >= 4 is 11.9 Å². The molecule has 0 bridgehead atoms. The Kier molecular flexibility index (Phi) is 5.99. The Hall–Kier alpha value is -1.58. The highest BCUT2D eigenvalue weighted by atomic mass is 16.5. The van der Waals surface area contributed by atoms with Gasteiger partial charge in [0.05, 0.1) is 0 Å². The van der Waals surface area contributed by atoms with Crippen LogP contribution in [-0.4, -0.2) is 25.2 Å². The Labute approximate surface area is 94.9 Å². The average molecular weight is 224 g/mol. The molecule has 0 radical (unpaired) electrons. The Balaban J connectivity index is 2.40. The van der Waals surface area contributed by atoms with Crippen molar-refractivity contribution in [3.8, 4) is 0 Å². The Morgan fingerprint density at radius 1 is 0.750 bits per heavy atom. The number of hydrogen-bond acceptors (Lipinski definition) is 4. The van der Waals surface area contributed by atoms with Crippen LogP contribution in [0, 0.1) is 0 Å². The van der Waals surface area contributed by atoms with Crippen LogP contribution in [0.5, 0.6) is 0 Å². The van der Waals surface area contributed by atoms with Crippen molar-refractivity contribution in [1.29, 1.82) is 0 Å². The van der Waals surface area contributed by atoms with Gasteiger partial charge < -0.3 is 9.47 Å². The predicted molar refractivity (Wildman–Crippen MR) is 58.7 cm³/mol. The third kappa shape index (κ3) is 6.01. The minimum Gasteiger partial charge on any atom is -0.461 e. The van der Waals surface area contributed by atoms with Gasteiger partial charge in [0.15, 0.2) is 0 Å². The lowest BCUT2D eigenvalue weighted by molar-refractivity contribution is -0.143. The van der Waals surface area contributed by atoms with Crippen LogP contribution < -0.4 is 0 Å². The van der Waals surface area contributed by atoms with E-state index in [0.29, 0.717) is 25.7 Å². The smallest absolute Gasteiger partial charge is 0.306 e. The van der Waals surface area contributed by atoms with Gasteiger partial charge in [-0.25, -0.2) is 0 Å². The maximum atomic E-state index is 11.1. The number of carbonyl (C=O) groups is 2. The second kappa shape index (κ2) is 7.68. The highest BCUT2D eigenvalue weighted by Gasteiger charge is 2.01. The minimum absolute atomic E-state index is 0.205. The standard InChI is InChI=1S/C12H16O4/c13-11-7-3-1-5-9-15-12(14)8-4-2-6-10-16-11/h1-2,5-6H,3-4,7-10H2/b5-1-,6-2-. The number of carbonyl (C=O) groups excluding carboxylic acids is 2. The topological polar surface area (TPSA) is 52.6 Å². The predicted octanol–water partition coefficient (Wildman–Crippen LogP) is 1.76. The van der Waals surface area contributed by atoms with Crippen molar-refractivity contribution in [3.05, 3.63) is 24.3 Å². The number of esters is 2. The lowest BCUT2D eigenvalue weighted by Gasteiger charge is -2.02. The van der Waals surface area contributed by atoms with Gasteiger partial charge in [-0.3, -0.25) is 9.59 Å². The van der Waals surface area contributed by atoms with Crippen molar-refractivity contribution in [2.45, 2.75) is 25.7 Å². The van der Waals surface area contributed by atoms with E-state index in [-0.39, 0.29) is 25.2 Å². The van der Waals surface area contributed by atoms with Gasteiger partial charge in [0.1, 0.15) is 13.2 Å². The molecule has 0 aromatic carbocycles.